The molecule has 1 aliphatic rings. The van der Waals surface area contributed by atoms with Gasteiger partial charge in [-0.1, -0.05) is 32.0 Å². The van der Waals surface area contributed by atoms with Crippen molar-refractivity contribution in [2.24, 2.45) is 10.9 Å². The molecule has 0 atom stereocenters. The first kappa shape index (κ1) is 24.7. The number of rotatable bonds is 6. The molecule has 0 spiro atoms. The molecule has 5 nitrogen and oxygen atoms in total. The second kappa shape index (κ2) is 11.6. The maximum Gasteiger partial charge on any atom is 0.220 e. The topological polar surface area (TPSA) is 56.7 Å². The number of carbonyl (C=O) groups excluding carboxylic acids is 1. The van der Waals surface area contributed by atoms with E-state index in [1.807, 2.05) is 26.0 Å². The van der Waals surface area contributed by atoms with Gasteiger partial charge in [0, 0.05) is 38.5 Å². The molecule has 0 saturated carbocycles. The van der Waals surface area contributed by atoms with Crippen LogP contribution in [-0.4, -0.2) is 50.0 Å². The van der Waals surface area contributed by atoms with Gasteiger partial charge in [0.1, 0.15) is 5.82 Å². The summed E-state index contributed by atoms with van der Waals surface area (Å²) in [5, 5.41) is 6.06. The maximum atomic E-state index is 14.2. The molecular weight excluding hydrogens is 470 g/mol. The number of nitrogens with zero attached hydrogens (tertiary/aromatic N) is 2. The van der Waals surface area contributed by atoms with Crippen molar-refractivity contribution in [1.29, 1.82) is 0 Å². The molecule has 7 heteroatoms. The highest BCUT2D eigenvalue weighted by atomic mass is 127. The molecule has 2 rings (SSSR count). The lowest BCUT2D eigenvalue weighted by atomic mass is 9.84. The number of benzene rings is 1. The fourth-order valence-corrected chi connectivity index (χ4v) is 3.51. The van der Waals surface area contributed by atoms with Gasteiger partial charge in [-0.3, -0.25) is 9.79 Å². The Labute approximate surface area is 185 Å². The summed E-state index contributed by atoms with van der Waals surface area (Å²) in [7, 11) is 1.69. The molecule has 1 aromatic carbocycles. The van der Waals surface area contributed by atoms with Gasteiger partial charge in [-0.25, -0.2) is 4.39 Å². The van der Waals surface area contributed by atoms with Crippen molar-refractivity contribution in [1.82, 2.24) is 15.5 Å². The molecule has 1 saturated heterocycles. The Hall–Kier alpha value is -1.38. The quantitative estimate of drug-likeness (QED) is 0.354. The Kier molecular flexibility index (Phi) is 10.2. The predicted octanol–water partition coefficient (Wildman–Crippen LogP) is 3.53. The number of aliphatic imine (C=N–C) groups is 1. The lowest BCUT2D eigenvalue weighted by Crippen LogP contribution is -2.46. The summed E-state index contributed by atoms with van der Waals surface area (Å²) >= 11 is 0. The van der Waals surface area contributed by atoms with E-state index in [0.29, 0.717) is 24.4 Å². The number of hydrogen-bond acceptors (Lipinski definition) is 2. The molecular formula is C21H34FIN4O. The molecule has 28 heavy (non-hydrogen) atoms. The van der Waals surface area contributed by atoms with Crippen molar-refractivity contribution >= 4 is 35.8 Å². The minimum atomic E-state index is -0.385. The first-order valence-electron chi connectivity index (χ1n) is 9.86. The number of amides is 1. The molecule has 0 radical (unpaired) electrons. The van der Waals surface area contributed by atoms with Gasteiger partial charge in [-0.05, 0) is 37.3 Å². The molecule has 0 bridgehead atoms. The van der Waals surface area contributed by atoms with Crippen LogP contribution in [0.3, 0.4) is 0 Å². The monoisotopic (exact) mass is 504 g/mol. The average molecular weight is 504 g/mol. The summed E-state index contributed by atoms with van der Waals surface area (Å²) in [6.07, 6.45) is 2.56. The minimum Gasteiger partial charge on any atom is -0.359 e. The number of likely N-dealkylation sites (tertiary alicyclic amines) is 1. The zero-order chi connectivity index (χ0) is 19.9. The summed E-state index contributed by atoms with van der Waals surface area (Å²) in [6.45, 7) is 9.16. The molecule has 2 N–H and O–H groups in total. The molecule has 158 valence electrons. The highest BCUT2D eigenvalue weighted by molar-refractivity contribution is 14.0. The van der Waals surface area contributed by atoms with Gasteiger partial charge in [-0.15, -0.1) is 24.0 Å². The fraction of sp³-hybridized carbons (Fsp3) is 0.619. The Morgan fingerprint density at radius 1 is 1.29 bits per heavy atom. The van der Waals surface area contributed by atoms with Crippen LogP contribution in [-0.2, 0) is 10.2 Å². The van der Waals surface area contributed by atoms with Crippen molar-refractivity contribution in [3.8, 4) is 0 Å². The van der Waals surface area contributed by atoms with Crippen LogP contribution in [0.25, 0.3) is 0 Å². The number of halogens is 2. The van der Waals surface area contributed by atoms with Crippen molar-refractivity contribution in [3.63, 3.8) is 0 Å². The summed E-state index contributed by atoms with van der Waals surface area (Å²) < 4.78 is 14.2. The van der Waals surface area contributed by atoms with E-state index >= 15 is 0 Å². The fourth-order valence-electron chi connectivity index (χ4n) is 3.51. The number of nitrogens with one attached hydrogen (secondary N) is 2. The number of carbonyl (C=O) groups is 1. The van der Waals surface area contributed by atoms with Crippen LogP contribution in [0.2, 0.25) is 0 Å². The molecule has 1 aliphatic heterocycles. The van der Waals surface area contributed by atoms with Gasteiger partial charge >= 0.3 is 0 Å². The van der Waals surface area contributed by atoms with Crippen LogP contribution in [0.15, 0.2) is 29.3 Å². The smallest absolute Gasteiger partial charge is 0.220 e. The summed E-state index contributed by atoms with van der Waals surface area (Å²) in [6, 6.07) is 6.92. The summed E-state index contributed by atoms with van der Waals surface area (Å²) in [4.78, 5) is 18.6. The molecule has 0 aliphatic carbocycles. The third-order valence-corrected chi connectivity index (χ3v) is 5.23. The highest BCUT2D eigenvalue weighted by Gasteiger charge is 2.26. The van der Waals surface area contributed by atoms with Crippen molar-refractivity contribution < 1.29 is 9.18 Å². The van der Waals surface area contributed by atoms with Gasteiger partial charge in [0.25, 0.3) is 0 Å². The standard InChI is InChI=1S/C21H33FN4O.HI/c1-5-24-20(26-12-10-16(11-13-26)14-19(27)23-4)25-15-21(2,3)17-8-6-7-9-18(17)22;/h6-9,16H,5,10-15H2,1-4H3,(H,23,27)(H,24,25);1H. The van der Waals surface area contributed by atoms with E-state index in [0.717, 1.165) is 38.4 Å². The normalized spacial score (nSPS) is 15.8. The lowest BCUT2D eigenvalue weighted by molar-refractivity contribution is -0.121. The van der Waals surface area contributed by atoms with E-state index in [1.165, 1.54) is 6.07 Å². The molecule has 1 fully saturated rings. The Balaban J connectivity index is 0.00000392. The van der Waals surface area contributed by atoms with E-state index in [4.69, 9.17) is 4.99 Å². The SMILES string of the molecule is CCNC(=NCC(C)(C)c1ccccc1F)N1CCC(CC(=O)NC)CC1.I. The zero-order valence-corrected chi connectivity index (χ0v) is 19.8. The average Bonchev–Trinajstić information content (AvgIpc) is 2.66. The first-order valence-corrected chi connectivity index (χ1v) is 9.86. The van der Waals surface area contributed by atoms with Crippen molar-refractivity contribution in [3.05, 3.63) is 35.6 Å². The predicted molar refractivity (Wildman–Crippen MR) is 124 cm³/mol. The van der Waals surface area contributed by atoms with Crippen molar-refractivity contribution in [2.45, 2.75) is 45.4 Å². The Bertz CT molecular complexity index is 658. The Morgan fingerprint density at radius 3 is 2.50 bits per heavy atom. The second-order valence-corrected chi connectivity index (χ2v) is 7.84. The van der Waals surface area contributed by atoms with Crippen LogP contribution in [0.5, 0.6) is 0 Å². The maximum absolute atomic E-state index is 14.2. The minimum absolute atomic E-state index is 0. The van der Waals surface area contributed by atoms with Crippen LogP contribution in [0.1, 0.15) is 45.6 Å². The number of guanidine groups is 1. The van der Waals surface area contributed by atoms with E-state index in [9.17, 15) is 9.18 Å². The molecule has 0 unspecified atom stereocenters. The van der Waals surface area contributed by atoms with Crippen LogP contribution >= 0.6 is 24.0 Å². The zero-order valence-electron chi connectivity index (χ0n) is 17.4. The Morgan fingerprint density at radius 2 is 1.93 bits per heavy atom. The molecule has 1 heterocycles. The van der Waals surface area contributed by atoms with Gasteiger partial charge in [0.15, 0.2) is 5.96 Å². The van der Waals surface area contributed by atoms with Crippen LogP contribution in [0, 0.1) is 11.7 Å². The highest BCUT2D eigenvalue weighted by Crippen LogP contribution is 2.26. The van der Waals surface area contributed by atoms with E-state index in [1.54, 1.807) is 13.1 Å². The largest absolute Gasteiger partial charge is 0.359 e. The molecule has 1 amide bonds. The third-order valence-electron chi connectivity index (χ3n) is 5.23. The summed E-state index contributed by atoms with van der Waals surface area (Å²) in [5.74, 6) is 1.23. The first-order chi connectivity index (χ1) is 12.9. The van der Waals surface area contributed by atoms with E-state index < -0.39 is 0 Å². The third kappa shape index (κ3) is 6.90. The summed E-state index contributed by atoms with van der Waals surface area (Å²) in [5.41, 5.74) is 0.303. The number of hydrogen-bond donors (Lipinski definition) is 2. The molecule has 0 aromatic heterocycles. The lowest BCUT2D eigenvalue weighted by Gasteiger charge is -2.34. The second-order valence-electron chi connectivity index (χ2n) is 7.84. The molecule has 1 aromatic rings. The van der Waals surface area contributed by atoms with Gasteiger partial charge in [0.2, 0.25) is 5.91 Å². The van der Waals surface area contributed by atoms with E-state index in [2.05, 4.69) is 22.5 Å². The number of piperidine rings is 1. The van der Waals surface area contributed by atoms with Gasteiger partial charge in [-0.2, -0.15) is 0 Å². The van der Waals surface area contributed by atoms with Crippen LogP contribution in [0.4, 0.5) is 4.39 Å². The van der Waals surface area contributed by atoms with Crippen LogP contribution < -0.4 is 10.6 Å². The van der Waals surface area contributed by atoms with Crippen molar-refractivity contribution in [2.75, 3.05) is 33.2 Å². The van der Waals surface area contributed by atoms with Gasteiger partial charge in [0.05, 0.1) is 6.54 Å². The van der Waals surface area contributed by atoms with E-state index in [-0.39, 0.29) is 41.1 Å². The van der Waals surface area contributed by atoms with Gasteiger partial charge < -0.3 is 15.5 Å².